The Balaban J connectivity index is 1.82. The Morgan fingerprint density at radius 1 is 1.03 bits per heavy atom. The van der Waals surface area contributed by atoms with Crippen molar-refractivity contribution in [2.75, 3.05) is 5.01 Å². The molecule has 0 aliphatic carbocycles. The Kier molecular flexibility index (Phi) is 5.36. The van der Waals surface area contributed by atoms with Crippen LogP contribution in [0.2, 0.25) is 0 Å². The van der Waals surface area contributed by atoms with E-state index in [4.69, 9.17) is 0 Å². The lowest BCUT2D eigenvalue weighted by Gasteiger charge is -2.12. The predicted molar refractivity (Wildman–Crippen MR) is 127 cm³/mol. The molecule has 1 aliphatic rings. The van der Waals surface area contributed by atoms with Crippen LogP contribution >= 0.6 is 22.6 Å². The summed E-state index contributed by atoms with van der Waals surface area (Å²) in [4.78, 5) is 40.0. The number of carbonyl (C=O) groups is 1. The molecule has 1 aliphatic heterocycles. The molecule has 0 spiro atoms. The maximum Gasteiger partial charge on any atom is 0.335 e. The van der Waals surface area contributed by atoms with E-state index in [1.807, 2.05) is 25.1 Å². The second-order valence-corrected chi connectivity index (χ2v) is 8.25. The number of carbonyl (C=O) groups excluding carboxylic acids is 1. The van der Waals surface area contributed by atoms with E-state index < -0.39 is 23.0 Å². The molecule has 8 nitrogen and oxygen atoms in total. The number of rotatable bonds is 3. The Hall–Kier alpha value is -3.47. The zero-order valence-electron chi connectivity index (χ0n) is 16.6. The number of hydrazone groups is 1. The number of aryl methyl sites for hydroxylation is 1. The van der Waals surface area contributed by atoms with Crippen LogP contribution in [0.3, 0.4) is 0 Å². The van der Waals surface area contributed by atoms with Crippen molar-refractivity contribution in [3.63, 3.8) is 0 Å². The normalized spacial score (nSPS) is 14.9. The summed E-state index contributed by atoms with van der Waals surface area (Å²) in [5.41, 5.74) is 0.592. The number of aromatic nitrogens is 2. The fourth-order valence-electron chi connectivity index (χ4n) is 3.26. The lowest BCUT2D eigenvalue weighted by atomic mass is 10.1. The van der Waals surface area contributed by atoms with Gasteiger partial charge in [-0.2, -0.15) is 10.1 Å². The van der Waals surface area contributed by atoms with Gasteiger partial charge in [0.1, 0.15) is 5.56 Å². The molecule has 2 N–H and O–H groups in total. The van der Waals surface area contributed by atoms with Crippen LogP contribution in [-0.4, -0.2) is 26.3 Å². The van der Waals surface area contributed by atoms with Gasteiger partial charge < -0.3 is 5.11 Å². The first-order chi connectivity index (χ1) is 14.8. The monoisotopic (exact) mass is 528 g/mol. The minimum absolute atomic E-state index is 0.147. The number of hydrogen-bond donors (Lipinski definition) is 2. The SMILES string of the molecule is CC1=NN(c2ccc(I)cc2)C(=O)/C1=C\c1c(O)n(-c2cccc(C)c2)c(=O)[nH]c1=O. The molecule has 1 amide bonds. The molecule has 0 radical (unpaired) electrons. The number of nitrogens with zero attached hydrogens (tertiary/aromatic N) is 3. The van der Waals surface area contributed by atoms with Crippen LogP contribution in [0.25, 0.3) is 11.8 Å². The predicted octanol–water partition coefficient (Wildman–Crippen LogP) is 2.95. The van der Waals surface area contributed by atoms with Crippen molar-refractivity contribution >= 4 is 46.0 Å². The second-order valence-electron chi connectivity index (χ2n) is 7.01. The van der Waals surface area contributed by atoms with E-state index >= 15 is 0 Å². The lowest BCUT2D eigenvalue weighted by Crippen LogP contribution is -2.30. The van der Waals surface area contributed by atoms with Gasteiger partial charge in [-0.05, 0) is 84.5 Å². The van der Waals surface area contributed by atoms with Crippen molar-refractivity contribution < 1.29 is 9.90 Å². The molecule has 1 aromatic heterocycles. The second kappa shape index (κ2) is 7.99. The number of aromatic hydroxyl groups is 1. The number of aromatic amines is 1. The van der Waals surface area contributed by atoms with Gasteiger partial charge in [-0.25, -0.2) is 9.36 Å². The Morgan fingerprint density at radius 2 is 1.74 bits per heavy atom. The third-order valence-electron chi connectivity index (χ3n) is 4.80. The summed E-state index contributed by atoms with van der Waals surface area (Å²) in [5.74, 6) is -0.994. The Bertz CT molecular complexity index is 1380. The smallest absolute Gasteiger partial charge is 0.335 e. The first-order valence-corrected chi connectivity index (χ1v) is 10.4. The number of anilines is 1. The van der Waals surface area contributed by atoms with E-state index in [1.165, 1.54) is 11.1 Å². The number of benzene rings is 2. The third-order valence-corrected chi connectivity index (χ3v) is 5.52. The molecular formula is C22H17IN4O4. The van der Waals surface area contributed by atoms with E-state index in [9.17, 15) is 19.5 Å². The highest BCUT2D eigenvalue weighted by molar-refractivity contribution is 14.1. The topological polar surface area (TPSA) is 108 Å². The molecule has 31 heavy (non-hydrogen) atoms. The van der Waals surface area contributed by atoms with Crippen LogP contribution in [0, 0.1) is 10.5 Å². The quantitative estimate of drug-likeness (QED) is 0.403. The van der Waals surface area contributed by atoms with E-state index in [-0.39, 0.29) is 11.1 Å². The molecule has 0 saturated heterocycles. The van der Waals surface area contributed by atoms with Crippen molar-refractivity contribution in [2.24, 2.45) is 5.10 Å². The van der Waals surface area contributed by atoms with Gasteiger partial charge in [-0.3, -0.25) is 14.6 Å². The summed E-state index contributed by atoms with van der Waals surface area (Å²) in [6.07, 6.45) is 1.26. The molecule has 4 rings (SSSR count). The third kappa shape index (κ3) is 3.83. The zero-order valence-corrected chi connectivity index (χ0v) is 18.7. The summed E-state index contributed by atoms with van der Waals surface area (Å²) in [6, 6.07) is 14.1. The zero-order chi connectivity index (χ0) is 22.3. The van der Waals surface area contributed by atoms with Crippen LogP contribution in [0.5, 0.6) is 5.88 Å². The Labute approximate surface area is 190 Å². The van der Waals surface area contributed by atoms with Gasteiger partial charge in [0, 0.05) is 3.57 Å². The molecule has 9 heteroatoms. The van der Waals surface area contributed by atoms with Gasteiger partial charge in [-0.15, -0.1) is 0 Å². The average Bonchev–Trinajstić information content (AvgIpc) is 2.99. The average molecular weight is 528 g/mol. The van der Waals surface area contributed by atoms with Crippen LogP contribution in [0.15, 0.2) is 68.8 Å². The number of halogens is 1. The number of hydrogen-bond acceptors (Lipinski definition) is 5. The largest absolute Gasteiger partial charge is 0.494 e. The summed E-state index contributed by atoms with van der Waals surface area (Å²) in [7, 11) is 0. The Morgan fingerprint density at radius 3 is 2.42 bits per heavy atom. The van der Waals surface area contributed by atoms with Gasteiger partial charge in [0.2, 0.25) is 5.88 Å². The van der Waals surface area contributed by atoms with E-state index in [0.717, 1.165) is 13.7 Å². The molecule has 2 heterocycles. The van der Waals surface area contributed by atoms with Crippen LogP contribution < -0.4 is 16.3 Å². The van der Waals surface area contributed by atoms with Crippen LogP contribution in [0.4, 0.5) is 5.69 Å². The van der Waals surface area contributed by atoms with Crippen molar-refractivity contribution in [1.29, 1.82) is 0 Å². The van der Waals surface area contributed by atoms with Crippen molar-refractivity contribution in [3.8, 4) is 11.6 Å². The first kappa shape index (κ1) is 20.8. The maximum atomic E-state index is 13.0. The van der Waals surface area contributed by atoms with Crippen molar-refractivity contribution in [1.82, 2.24) is 9.55 Å². The van der Waals surface area contributed by atoms with Crippen LogP contribution in [-0.2, 0) is 4.79 Å². The lowest BCUT2D eigenvalue weighted by molar-refractivity contribution is -0.114. The highest BCUT2D eigenvalue weighted by atomic mass is 127. The van der Waals surface area contributed by atoms with Crippen molar-refractivity contribution in [2.45, 2.75) is 13.8 Å². The van der Waals surface area contributed by atoms with Gasteiger partial charge in [0.05, 0.1) is 22.7 Å². The molecule has 0 atom stereocenters. The molecule has 156 valence electrons. The highest BCUT2D eigenvalue weighted by Gasteiger charge is 2.29. The van der Waals surface area contributed by atoms with E-state index in [0.29, 0.717) is 17.1 Å². The fourth-order valence-corrected chi connectivity index (χ4v) is 3.62. The summed E-state index contributed by atoms with van der Waals surface area (Å²) in [5, 5.41) is 16.3. The maximum absolute atomic E-state index is 13.0. The highest BCUT2D eigenvalue weighted by Crippen LogP contribution is 2.27. The van der Waals surface area contributed by atoms with Crippen LogP contribution in [0.1, 0.15) is 18.1 Å². The first-order valence-electron chi connectivity index (χ1n) is 9.29. The number of H-pyrrole nitrogens is 1. The van der Waals surface area contributed by atoms with E-state index in [2.05, 4.69) is 32.7 Å². The molecule has 3 aromatic rings. The standard InChI is InChI=1S/C22H17IN4O4/c1-12-4-3-5-16(10-12)26-20(29)18(19(28)24-22(26)31)11-17-13(2)25-27(21(17)30)15-8-6-14(23)7-9-15/h3-11,29H,1-2H3,(H,24,28,31)/b17-11-. The van der Waals surface area contributed by atoms with Gasteiger partial charge in [0.15, 0.2) is 0 Å². The van der Waals surface area contributed by atoms with Crippen molar-refractivity contribution in [3.05, 3.63) is 89.6 Å². The molecule has 0 fully saturated rings. The van der Waals surface area contributed by atoms with Gasteiger partial charge in [-0.1, -0.05) is 12.1 Å². The molecule has 0 bridgehead atoms. The number of amides is 1. The van der Waals surface area contributed by atoms with Gasteiger partial charge >= 0.3 is 5.69 Å². The molecule has 2 aromatic carbocycles. The van der Waals surface area contributed by atoms with Gasteiger partial charge in [0.25, 0.3) is 11.5 Å². The summed E-state index contributed by atoms with van der Waals surface area (Å²) < 4.78 is 2.00. The summed E-state index contributed by atoms with van der Waals surface area (Å²) >= 11 is 2.16. The fraction of sp³-hybridized carbons (Fsp3) is 0.0909. The minimum atomic E-state index is -0.799. The molecule has 0 unspecified atom stereocenters. The van der Waals surface area contributed by atoms with E-state index in [1.54, 1.807) is 37.3 Å². The minimum Gasteiger partial charge on any atom is -0.494 e. The molecule has 0 saturated carbocycles. The number of nitrogens with one attached hydrogen (secondary N) is 1. The molecular weight excluding hydrogens is 511 g/mol. The summed E-state index contributed by atoms with van der Waals surface area (Å²) in [6.45, 7) is 3.48.